The number of ether oxygens (including phenoxy) is 1. The van der Waals surface area contributed by atoms with E-state index in [0.29, 0.717) is 10.8 Å². The molecular weight excluding hydrogens is 370 g/mol. The summed E-state index contributed by atoms with van der Waals surface area (Å²) >= 11 is 6.32. The van der Waals surface area contributed by atoms with Gasteiger partial charge in [0.05, 0.1) is 23.2 Å². The summed E-state index contributed by atoms with van der Waals surface area (Å²) in [5.41, 5.74) is 5.52. The quantitative estimate of drug-likeness (QED) is 0.450. The first kappa shape index (κ1) is 18.3. The van der Waals surface area contributed by atoms with Crippen molar-refractivity contribution in [2.24, 2.45) is 0 Å². The average Bonchev–Trinajstić information content (AvgIpc) is 2.74. The van der Waals surface area contributed by atoms with Crippen LogP contribution in [0.5, 0.6) is 5.75 Å². The second-order valence-corrected chi connectivity index (χ2v) is 6.75. The molecule has 140 valence electrons. The Balaban J connectivity index is 1.97. The molecule has 4 rings (SSSR count). The maximum Gasteiger partial charge on any atom is 0.153 e. The highest BCUT2D eigenvalue weighted by atomic mass is 35.5. The molecule has 5 heteroatoms. The van der Waals surface area contributed by atoms with E-state index in [2.05, 4.69) is 29.6 Å². The SMILES string of the molecule is CCNc1nc2cc(OC)c(Cl)cc2nc1-c1ccccc1-c1ccccc1. The van der Waals surface area contributed by atoms with Gasteiger partial charge in [-0.3, -0.25) is 0 Å². The molecule has 4 aromatic rings. The van der Waals surface area contributed by atoms with Gasteiger partial charge in [0.2, 0.25) is 0 Å². The van der Waals surface area contributed by atoms with Crippen LogP contribution in [0, 0.1) is 0 Å². The molecule has 1 N–H and O–H groups in total. The second kappa shape index (κ2) is 7.87. The van der Waals surface area contributed by atoms with Crippen molar-refractivity contribution >= 4 is 28.5 Å². The van der Waals surface area contributed by atoms with E-state index < -0.39 is 0 Å². The van der Waals surface area contributed by atoms with E-state index in [-0.39, 0.29) is 0 Å². The van der Waals surface area contributed by atoms with Crippen molar-refractivity contribution < 1.29 is 4.74 Å². The van der Waals surface area contributed by atoms with Gasteiger partial charge in [0, 0.05) is 18.2 Å². The lowest BCUT2D eigenvalue weighted by Crippen LogP contribution is -2.04. The highest BCUT2D eigenvalue weighted by molar-refractivity contribution is 6.32. The second-order valence-electron chi connectivity index (χ2n) is 6.34. The Bertz CT molecular complexity index is 1130. The van der Waals surface area contributed by atoms with Crippen LogP contribution in [0.3, 0.4) is 0 Å². The van der Waals surface area contributed by atoms with E-state index in [9.17, 15) is 0 Å². The molecule has 0 saturated heterocycles. The van der Waals surface area contributed by atoms with E-state index in [1.807, 2.05) is 43.3 Å². The van der Waals surface area contributed by atoms with Crippen molar-refractivity contribution in [1.82, 2.24) is 9.97 Å². The first-order valence-corrected chi connectivity index (χ1v) is 9.53. The van der Waals surface area contributed by atoms with E-state index in [1.54, 1.807) is 13.2 Å². The Morgan fingerprint density at radius 3 is 2.29 bits per heavy atom. The molecule has 0 aliphatic heterocycles. The van der Waals surface area contributed by atoms with Crippen molar-refractivity contribution in [2.45, 2.75) is 6.92 Å². The number of fused-ring (bicyclic) bond motifs is 1. The van der Waals surface area contributed by atoms with Gasteiger partial charge in [-0.25, -0.2) is 9.97 Å². The van der Waals surface area contributed by atoms with Gasteiger partial charge in [0.15, 0.2) is 5.82 Å². The van der Waals surface area contributed by atoms with Gasteiger partial charge in [-0.2, -0.15) is 0 Å². The van der Waals surface area contributed by atoms with E-state index in [1.165, 1.54) is 0 Å². The van der Waals surface area contributed by atoms with Gasteiger partial charge in [0.1, 0.15) is 11.4 Å². The average molecular weight is 390 g/mol. The lowest BCUT2D eigenvalue weighted by Gasteiger charge is -2.15. The fraction of sp³-hybridized carbons (Fsp3) is 0.130. The minimum Gasteiger partial charge on any atom is -0.495 e. The molecule has 0 spiro atoms. The normalized spacial score (nSPS) is 10.8. The third-order valence-electron chi connectivity index (χ3n) is 4.55. The van der Waals surface area contributed by atoms with Crippen LogP contribution in [-0.2, 0) is 0 Å². The maximum atomic E-state index is 6.32. The number of rotatable bonds is 5. The Morgan fingerprint density at radius 2 is 1.57 bits per heavy atom. The van der Waals surface area contributed by atoms with Crippen LogP contribution in [0.1, 0.15) is 6.92 Å². The Labute approximate surface area is 169 Å². The molecule has 0 saturated carbocycles. The smallest absolute Gasteiger partial charge is 0.153 e. The monoisotopic (exact) mass is 389 g/mol. The van der Waals surface area contributed by atoms with Gasteiger partial charge in [-0.15, -0.1) is 0 Å². The number of benzene rings is 3. The van der Waals surface area contributed by atoms with Gasteiger partial charge in [-0.1, -0.05) is 66.2 Å². The molecule has 0 radical (unpaired) electrons. The molecule has 28 heavy (non-hydrogen) atoms. The molecule has 0 fully saturated rings. The van der Waals surface area contributed by atoms with Crippen molar-refractivity contribution in [3.63, 3.8) is 0 Å². The molecule has 0 amide bonds. The zero-order valence-electron chi connectivity index (χ0n) is 15.7. The lowest BCUT2D eigenvalue weighted by atomic mass is 9.97. The van der Waals surface area contributed by atoms with E-state index in [4.69, 9.17) is 26.3 Å². The molecule has 1 heterocycles. The molecule has 0 unspecified atom stereocenters. The zero-order chi connectivity index (χ0) is 19.5. The number of hydrogen-bond donors (Lipinski definition) is 1. The summed E-state index contributed by atoms with van der Waals surface area (Å²) in [6, 6.07) is 22.1. The first-order chi connectivity index (χ1) is 13.7. The summed E-state index contributed by atoms with van der Waals surface area (Å²) in [7, 11) is 1.59. The van der Waals surface area contributed by atoms with Gasteiger partial charge in [-0.05, 0) is 24.1 Å². The number of aromatic nitrogens is 2. The number of halogens is 1. The number of nitrogens with zero attached hydrogens (tertiary/aromatic N) is 2. The van der Waals surface area contributed by atoms with Gasteiger partial charge < -0.3 is 10.1 Å². The topological polar surface area (TPSA) is 47.0 Å². The fourth-order valence-electron chi connectivity index (χ4n) is 3.25. The molecular formula is C23H20ClN3O. The summed E-state index contributed by atoms with van der Waals surface area (Å²) in [5.74, 6) is 1.33. The Morgan fingerprint density at radius 1 is 0.893 bits per heavy atom. The zero-order valence-corrected chi connectivity index (χ0v) is 16.5. The van der Waals surface area contributed by atoms with Crippen molar-refractivity contribution in [2.75, 3.05) is 19.0 Å². The number of methoxy groups -OCH3 is 1. The standard InChI is InChI=1S/C23H20ClN3O/c1-3-25-23-22(26-19-13-18(24)21(28-2)14-20(19)27-23)17-12-8-7-11-16(17)15-9-5-4-6-10-15/h4-14H,3H2,1-2H3,(H,25,27). The lowest BCUT2D eigenvalue weighted by molar-refractivity contribution is 0.415. The molecule has 3 aromatic carbocycles. The van der Waals surface area contributed by atoms with E-state index >= 15 is 0 Å². The molecule has 4 nitrogen and oxygen atoms in total. The number of anilines is 1. The highest BCUT2D eigenvalue weighted by Crippen LogP contribution is 2.36. The summed E-state index contributed by atoms with van der Waals surface area (Å²) in [6.45, 7) is 2.78. The van der Waals surface area contributed by atoms with Crippen LogP contribution < -0.4 is 10.1 Å². The van der Waals surface area contributed by atoms with Crippen molar-refractivity contribution in [3.05, 3.63) is 71.8 Å². The number of nitrogens with one attached hydrogen (secondary N) is 1. The summed E-state index contributed by atoms with van der Waals surface area (Å²) < 4.78 is 5.32. The fourth-order valence-corrected chi connectivity index (χ4v) is 3.49. The van der Waals surface area contributed by atoms with Gasteiger partial charge >= 0.3 is 0 Å². The van der Waals surface area contributed by atoms with Crippen LogP contribution in [-0.4, -0.2) is 23.6 Å². The third kappa shape index (κ3) is 3.39. The predicted molar refractivity (Wildman–Crippen MR) is 116 cm³/mol. The van der Waals surface area contributed by atoms with Crippen LogP contribution in [0.2, 0.25) is 5.02 Å². The molecule has 0 aliphatic rings. The minimum absolute atomic E-state index is 0.516. The molecule has 1 aromatic heterocycles. The van der Waals surface area contributed by atoms with Crippen LogP contribution in [0.25, 0.3) is 33.4 Å². The van der Waals surface area contributed by atoms with Crippen LogP contribution in [0.15, 0.2) is 66.7 Å². The highest BCUT2D eigenvalue weighted by Gasteiger charge is 2.16. The summed E-state index contributed by atoms with van der Waals surface area (Å²) in [5, 5.41) is 3.87. The van der Waals surface area contributed by atoms with Crippen molar-refractivity contribution in [1.29, 1.82) is 0 Å². The molecule has 0 bridgehead atoms. The summed E-state index contributed by atoms with van der Waals surface area (Å²) in [6.07, 6.45) is 0. The number of hydrogen-bond acceptors (Lipinski definition) is 4. The summed E-state index contributed by atoms with van der Waals surface area (Å²) in [4.78, 5) is 9.73. The van der Waals surface area contributed by atoms with E-state index in [0.717, 1.165) is 45.8 Å². The third-order valence-corrected chi connectivity index (χ3v) is 4.84. The maximum absolute atomic E-state index is 6.32. The Kier molecular flexibility index (Phi) is 5.13. The van der Waals surface area contributed by atoms with Crippen molar-refractivity contribution in [3.8, 4) is 28.1 Å². The van der Waals surface area contributed by atoms with Gasteiger partial charge in [0.25, 0.3) is 0 Å². The first-order valence-electron chi connectivity index (χ1n) is 9.15. The largest absolute Gasteiger partial charge is 0.495 e. The van der Waals surface area contributed by atoms with Crippen LogP contribution in [0.4, 0.5) is 5.82 Å². The Hall–Kier alpha value is -3.11. The predicted octanol–water partition coefficient (Wildman–Crippen LogP) is 6.06. The van der Waals surface area contributed by atoms with Crippen LogP contribution >= 0.6 is 11.6 Å². The molecule has 0 aliphatic carbocycles. The molecule has 0 atom stereocenters. The minimum atomic E-state index is 0.516.